The van der Waals surface area contributed by atoms with Crippen molar-refractivity contribution >= 4 is 22.1 Å². The predicted molar refractivity (Wildman–Crippen MR) is 261 cm³/mol. The van der Waals surface area contributed by atoms with E-state index in [1.165, 1.54) is 109 Å². The number of rotatable bonds is 43. The molecule has 4 N–H and O–H groups in total. The normalized spacial score (nSPS) is 19.9. The van der Waals surface area contributed by atoms with E-state index in [0.717, 1.165) is 64.2 Å². The minimum atomic E-state index is -4.61. The second-order valence-corrected chi connectivity index (χ2v) is 19.3. The van der Waals surface area contributed by atoms with Crippen molar-refractivity contribution in [3.63, 3.8) is 0 Å². The van der Waals surface area contributed by atoms with Crippen LogP contribution in [0.1, 0.15) is 213 Å². The molecule has 378 valence electrons. The molecule has 12 nitrogen and oxygen atoms in total. The average molecular weight is 941 g/mol. The van der Waals surface area contributed by atoms with Gasteiger partial charge in [0.1, 0.15) is 36.8 Å². The van der Waals surface area contributed by atoms with Crippen LogP contribution in [0.15, 0.2) is 48.6 Å². The summed E-state index contributed by atoms with van der Waals surface area (Å²) in [7, 11) is -4.61. The minimum absolute atomic E-state index is 0.159. The molecule has 0 radical (unpaired) electrons. The predicted octanol–water partition coefficient (Wildman–Crippen LogP) is 11.5. The molecule has 0 aromatic rings. The van der Waals surface area contributed by atoms with Gasteiger partial charge in [-0.1, -0.05) is 197 Å². The Kier molecular flexibility index (Phi) is 39.0. The summed E-state index contributed by atoms with van der Waals surface area (Å²) in [5.74, 6) is -2.02. The Labute approximate surface area is 394 Å². The quantitative estimate of drug-likeness (QED) is 0.0196. The average Bonchev–Trinajstić information content (AvgIpc) is 3.27. The third-order valence-corrected chi connectivity index (χ3v) is 12.4. The van der Waals surface area contributed by atoms with E-state index in [-0.39, 0.29) is 19.4 Å². The highest BCUT2D eigenvalue weighted by Crippen LogP contribution is 2.24. The highest BCUT2D eigenvalue weighted by atomic mass is 32.2. The Balaban J connectivity index is 2.39. The lowest BCUT2D eigenvalue weighted by atomic mass is 10.00. The van der Waals surface area contributed by atoms with Crippen molar-refractivity contribution < 1.29 is 56.8 Å². The first-order valence-corrected chi connectivity index (χ1v) is 27.3. The van der Waals surface area contributed by atoms with Crippen LogP contribution in [0, 0.1) is 0 Å². The Morgan fingerprint density at radius 2 is 0.954 bits per heavy atom. The third kappa shape index (κ3) is 36.3. The molecule has 13 heteroatoms. The summed E-state index contributed by atoms with van der Waals surface area (Å²) in [6.45, 7) is 3.69. The van der Waals surface area contributed by atoms with Crippen LogP contribution in [-0.2, 0) is 38.7 Å². The lowest BCUT2D eigenvalue weighted by molar-refractivity contribution is -0.297. The van der Waals surface area contributed by atoms with Crippen LogP contribution >= 0.6 is 0 Å². The molecule has 1 fully saturated rings. The Morgan fingerprint density at radius 3 is 1.43 bits per heavy atom. The Hall–Kier alpha value is -2.39. The van der Waals surface area contributed by atoms with Gasteiger partial charge < -0.3 is 34.3 Å². The zero-order chi connectivity index (χ0) is 47.6. The van der Waals surface area contributed by atoms with Crippen LogP contribution in [0.3, 0.4) is 0 Å². The molecule has 1 heterocycles. The largest absolute Gasteiger partial charge is 0.462 e. The molecule has 0 spiro atoms. The van der Waals surface area contributed by atoms with Crippen LogP contribution < -0.4 is 0 Å². The van der Waals surface area contributed by atoms with Crippen molar-refractivity contribution in [3.05, 3.63) is 48.6 Å². The van der Waals surface area contributed by atoms with Gasteiger partial charge in [0.05, 0.1) is 6.61 Å². The van der Waals surface area contributed by atoms with Gasteiger partial charge in [-0.25, -0.2) is 0 Å². The van der Waals surface area contributed by atoms with E-state index in [2.05, 4.69) is 62.5 Å². The second-order valence-electron chi connectivity index (χ2n) is 17.8. The summed E-state index contributed by atoms with van der Waals surface area (Å²) >= 11 is 0. The monoisotopic (exact) mass is 941 g/mol. The maximum atomic E-state index is 12.9. The number of carbonyl (C=O) groups is 2. The highest BCUT2D eigenvalue weighted by molar-refractivity contribution is 7.85. The van der Waals surface area contributed by atoms with E-state index >= 15 is 0 Å². The van der Waals surface area contributed by atoms with E-state index < -0.39 is 71.2 Å². The van der Waals surface area contributed by atoms with Gasteiger partial charge in [0, 0.05) is 12.8 Å². The summed E-state index contributed by atoms with van der Waals surface area (Å²) in [5.41, 5.74) is 0. The van der Waals surface area contributed by atoms with E-state index in [1.807, 2.05) is 0 Å². The van der Waals surface area contributed by atoms with Crippen molar-refractivity contribution in [3.8, 4) is 0 Å². The lowest BCUT2D eigenvalue weighted by Gasteiger charge is -2.40. The first kappa shape index (κ1) is 60.6. The molecule has 0 aromatic heterocycles. The molecule has 1 saturated heterocycles. The van der Waals surface area contributed by atoms with Crippen molar-refractivity contribution in [1.82, 2.24) is 0 Å². The number of aliphatic hydroxyl groups excluding tert-OH is 3. The smallest absolute Gasteiger partial charge is 0.306 e. The van der Waals surface area contributed by atoms with Crippen LogP contribution in [0.4, 0.5) is 0 Å². The first-order valence-electron chi connectivity index (χ1n) is 25.7. The first-order chi connectivity index (χ1) is 31.5. The molecule has 0 bridgehead atoms. The molecule has 0 aromatic carbocycles. The fourth-order valence-electron chi connectivity index (χ4n) is 7.67. The van der Waals surface area contributed by atoms with Crippen LogP contribution in [0.5, 0.6) is 0 Å². The summed E-state index contributed by atoms with van der Waals surface area (Å²) in [4.78, 5) is 25.5. The van der Waals surface area contributed by atoms with Crippen molar-refractivity contribution in [1.29, 1.82) is 0 Å². The van der Waals surface area contributed by atoms with Gasteiger partial charge in [0.2, 0.25) is 0 Å². The molecule has 1 rings (SSSR count). The van der Waals surface area contributed by atoms with Crippen LogP contribution in [0.2, 0.25) is 0 Å². The number of hydrogen-bond acceptors (Lipinski definition) is 11. The standard InChI is InChI=1S/C52H92O12S/c1-3-5-7-9-11-13-15-17-19-21-22-23-25-27-29-31-33-35-37-39-41-48(54)63-45(43-62-52-51(57)50(56)49(55)46(64-52)44-65(58,59)60)42-61-47(53)40-38-36-34-32-30-28-26-24-20-18-16-14-12-10-8-6-4-2/h8,10,14,16,20,24,28,30,45-46,49-52,55-57H,3-7,9,11-13,15,17-19,21-23,25-27,29,31-44H2,1-2H3,(H,58,59,60)/b10-8+,16-14+,24-20+,30-28+/t45-,46-,49-,50?,51?,52+/m1/s1. The summed E-state index contributed by atoms with van der Waals surface area (Å²) in [6.07, 6.45) is 41.5. The van der Waals surface area contributed by atoms with Gasteiger partial charge in [-0.05, 0) is 51.4 Å². The number of aliphatic hydroxyl groups is 3. The van der Waals surface area contributed by atoms with Crippen molar-refractivity contribution in [2.75, 3.05) is 19.0 Å². The zero-order valence-corrected chi connectivity index (χ0v) is 41.4. The molecule has 0 saturated carbocycles. The van der Waals surface area contributed by atoms with E-state index in [1.54, 1.807) is 0 Å². The van der Waals surface area contributed by atoms with Gasteiger partial charge in [-0.15, -0.1) is 0 Å². The van der Waals surface area contributed by atoms with Gasteiger partial charge in [-0.3, -0.25) is 14.1 Å². The Morgan fingerprint density at radius 1 is 0.523 bits per heavy atom. The molecular weight excluding hydrogens is 849 g/mol. The summed E-state index contributed by atoms with van der Waals surface area (Å²) in [6, 6.07) is 0. The number of unbranched alkanes of at least 4 members (excludes halogenated alkanes) is 23. The topological polar surface area (TPSA) is 186 Å². The van der Waals surface area contributed by atoms with Crippen molar-refractivity contribution in [2.45, 2.75) is 250 Å². The molecule has 2 unspecified atom stereocenters. The highest BCUT2D eigenvalue weighted by Gasteiger charge is 2.46. The van der Waals surface area contributed by atoms with Crippen molar-refractivity contribution in [2.24, 2.45) is 0 Å². The number of carbonyl (C=O) groups excluding carboxylic acids is 2. The maximum Gasteiger partial charge on any atom is 0.306 e. The lowest BCUT2D eigenvalue weighted by Crippen LogP contribution is -2.60. The third-order valence-electron chi connectivity index (χ3n) is 11.6. The van der Waals surface area contributed by atoms with E-state index in [4.69, 9.17) is 18.9 Å². The summed E-state index contributed by atoms with van der Waals surface area (Å²) < 4.78 is 54.2. The minimum Gasteiger partial charge on any atom is -0.462 e. The van der Waals surface area contributed by atoms with E-state index in [0.29, 0.717) is 12.8 Å². The Bertz CT molecular complexity index is 1380. The number of allylic oxidation sites excluding steroid dienone is 8. The number of esters is 2. The molecule has 1 aliphatic rings. The molecule has 65 heavy (non-hydrogen) atoms. The van der Waals surface area contributed by atoms with Crippen LogP contribution in [0.25, 0.3) is 0 Å². The zero-order valence-electron chi connectivity index (χ0n) is 40.6. The fraction of sp³-hybridized carbons (Fsp3) is 0.808. The summed E-state index contributed by atoms with van der Waals surface area (Å²) in [5, 5.41) is 31.0. The number of ether oxygens (including phenoxy) is 4. The van der Waals surface area contributed by atoms with Gasteiger partial charge in [0.15, 0.2) is 12.4 Å². The maximum absolute atomic E-state index is 12.9. The van der Waals surface area contributed by atoms with E-state index in [9.17, 15) is 37.9 Å². The molecular formula is C52H92O12S. The molecule has 0 aliphatic carbocycles. The molecule has 1 aliphatic heterocycles. The molecule has 6 atom stereocenters. The van der Waals surface area contributed by atoms with Gasteiger partial charge >= 0.3 is 11.9 Å². The van der Waals surface area contributed by atoms with Gasteiger partial charge in [0.25, 0.3) is 10.1 Å². The molecule has 0 amide bonds. The number of hydrogen-bond donors (Lipinski definition) is 4. The van der Waals surface area contributed by atoms with Crippen LogP contribution in [-0.4, -0.2) is 96.0 Å². The van der Waals surface area contributed by atoms with Gasteiger partial charge in [-0.2, -0.15) is 8.42 Å². The fourth-order valence-corrected chi connectivity index (χ4v) is 8.36. The SMILES string of the molecule is CCC/C=C/C/C=C/C/C=C/C/C=C/CCCCCC(=O)OC[C@H](CO[C@H]1O[C@H](CS(=O)(=O)O)[C@@H](O)C(O)C1O)OC(=O)CCCCCCCCCCCCCCCCCCCCCC. The second kappa shape index (κ2) is 41.8.